The summed E-state index contributed by atoms with van der Waals surface area (Å²) in [5, 5.41) is 12.2. The number of hydrogen-bond donors (Lipinski definition) is 5. The van der Waals surface area contributed by atoms with Crippen molar-refractivity contribution >= 4 is 23.6 Å². The van der Waals surface area contributed by atoms with Gasteiger partial charge in [-0.1, -0.05) is 54.6 Å². The first-order valence-corrected chi connectivity index (χ1v) is 15.0. The maximum absolute atomic E-state index is 14.2. The third-order valence-electron chi connectivity index (χ3n) is 8.98. The van der Waals surface area contributed by atoms with Crippen LogP contribution in [0, 0.1) is 5.92 Å². The van der Waals surface area contributed by atoms with Crippen LogP contribution in [0.3, 0.4) is 0 Å². The van der Waals surface area contributed by atoms with Crippen LogP contribution in [0.5, 0.6) is 0 Å². The Morgan fingerprint density at radius 1 is 1.05 bits per heavy atom. The van der Waals surface area contributed by atoms with E-state index in [2.05, 4.69) is 21.3 Å². The zero-order valence-corrected chi connectivity index (χ0v) is 24.3. The van der Waals surface area contributed by atoms with Crippen molar-refractivity contribution in [1.29, 1.82) is 0 Å². The summed E-state index contributed by atoms with van der Waals surface area (Å²) in [4.78, 5) is 55.5. The van der Waals surface area contributed by atoms with Crippen LogP contribution >= 0.6 is 0 Å². The molecule has 42 heavy (non-hydrogen) atoms. The zero-order chi connectivity index (χ0) is 29.8. The van der Waals surface area contributed by atoms with Crippen LogP contribution in [0.25, 0.3) is 0 Å². The summed E-state index contributed by atoms with van der Waals surface area (Å²) < 4.78 is 0. The first-order valence-electron chi connectivity index (χ1n) is 15.0. The summed E-state index contributed by atoms with van der Waals surface area (Å²) in [6.07, 6.45) is 3.31. The highest BCUT2D eigenvalue weighted by molar-refractivity contribution is 5.94. The van der Waals surface area contributed by atoms with Gasteiger partial charge in [-0.25, -0.2) is 0 Å². The maximum atomic E-state index is 14.2. The molecular formula is C32H42N6O4. The number of nitrogens with zero attached hydrogens (tertiary/aromatic N) is 1. The van der Waals surface area contributed by atoms with Gasteiger partial charge < -0.3 is 31.9 Å². The molecule has 2 saturated heterocycles. The lowest BCUT2D eigenvalue weighted by Gasteiger charge is -2.31. The standard InChI is InChI=1S/C32H42N6O4/c1-19(33)29(39)36-26(17-23-12-8-14-35-23)32(42)38-18-22(20-9-4-3-5-10-20)16-27(38)31(41)37-28-24-13-7-6-11-21(24)15-25(28)30(40)34-2/h3-7,9-11,13,19,22-23,25-28,35H,8,12,14-18,33H2,1-2H3,(H,34,40)(H,36,39)(H,37,41)/t19-,22-,23?,25+,26-,27-,28-/m0/s1. The van der Waals surface area contributed by atoms with Gasteiger partial charge >= 0.3 is 0 Å². The molecule has 2 aromatic carbocycles. The van der Waals surface area contributed by atoms with Gasteiger partial charge in [0.2, 0.25) is 23.6 Å². The second-order valence-electron chi connectivity index (χ2n) is 11.8. The second kappa shape index (κ2) is 13.0. The van der Waals surface area contributed by atoms with E-state index >= 15 is 0 Å². The van der Waals surface area contributed by atoms with E-state index in [0.29, 0.717) is 25.8 Å². The third kappa shape index (κ3) is 6.34. The molecule has 1 unspecified atom stereocenters. The highest BCUT2D eigenvalue weighted by atomic mass is 16.2. The number of likely N-dealkylation sites (tertiary alicyclic amines) is 1. The fourth-order valence-corrected chi connectivity index (χ4v) is 6.71. The fourth-order valence-electron chi connectivity index (χ4n) is 6.71. The highest BCUT2D eigenvalue weighted by Gasteiger charge is 2.45. The predicted octanol–water partition coefficient (Wildman–Crippen LogP) is 1.12. The number of carbonyl (C=O) groups excluding carboxylic acids is 4. The first kappa shape index (κ1) is 29.7. The minimum absolute atomic E-state index is 0.0501. The first-order chi connectivity index (χ1) is 20.3. The van der Waals surface area contributed by atoms with E-state index in [1.54, 1.807) is 18.9 Å². The van der Waals surface area contributed by atoms with E-state index in [1.807, 2.05) is 54.6 Å². The average molecular weight is 575 g/mol. The second-order valence-corrected chi connectivity index (χ2v) is 11.8. The summed E-state index contributed by atoms with van der Waals surface area (Å²) in [5.41, 5.74) is 8.85. The van der Waals surface area contributed by atoms with Crippen molar-refractivity contribution < 1.29 is 19.2 Å². The molecule has 1 aliphatic carbocycles. The number of hydrogen-bond acceptors (Lipinski definition) is 6. The van der Waals surface area contributed by atoms with Crippen molar-refractivity contribution in [2.75, 3.05) is 20.1 Å². The van der Waals surface area contributed by atoms with Gasteiger partial charge in [0.15, 0.2) is 0 Å². The van der Waals surface area contributed by atoms with E-state index in [-0.39, 0.29) is 29.7 Å². The Labute approximate surface area is 247 Å². The van der Waals surface area contributed by atoms with Crippen LogP contribution in [-0.2, 0) is 25.6 Å². The van der Waals surface area contributed by atoms with Gasteiger partial charge in [-0.3, -0.25) is 19.2 Å². The van der Waals surface area contributed by atoms with Gasteiger partial charge in [-0.2, -0.15) is 0 Å². The predicted molar refractivity (Wildman–Crippen MR) is 159 cm³/mol. The monoisotopic (exact) mass is 574 g/mol. The van der Waals surface area contributed by atoms with Gasteiger partial charge in [-0.15, -0.1) is 0 Å². The third-order valence-corrected chi connectivity index (χ3v) is 8.98. The van der Waals surface area contributed by atoms with Crippen LogP contribution in [0.15, 0.2) is 54.6 Å². The molecule has 10 nitrogen and oxygen atoms in total. The lowest BCUT2D eigenvalue weighted by Crippen LogP contribution is -2.56. The number of rotatable bonds is 9. The minimum Gasteiger partial charge on any atom is -0.359 e. The summed E-state index contributed by atoms with van der Waals surface area (Å²) in [6, 6.07) is 14.9. The van der Waals surface area contributed by atoms with Gasteiger partial charge in [0.25, 0.3) is 0 Å². The molecule has 2 heterocycles. The summed E-state index contributed by atoms with van der Waals surface area (Å²) in [6.45, 7) is 2.81. The molecule has 0 radical (unpaired) electrons. The number of benzene rings is 2. The summed E-state index contributed by atoms with van der Waals surface area (Å²) >= 11 is 0. The maximum Gasteiger partial charge on any atom is 0.245 e. The molecule has 10 heteroatoms. The van der Waals surface area contributed by atoms with Crippen molar-refractivity contribution in [3.63, 3.8) is 0 Å². The largest absolute Gasteiger partial charge is 0.359 e. The van der Waals surface area contributed by atoms with Crippen LogP contribution in [0.2, 0.25) is 0 Å². The molecule has 0 bridgehead atoms. The van der Waals surface area contributed by atoms with Gasteiger partial charge in [0, 0.05) is 25.6 Å². The Bertz CT molecular complexity index is 1290. The summed E-state index contributed by atoms with van der Waals surface area (Å²) in [7, 11) is 1.60. The van der Waals surface area contributed by atoms with Crippen LogP contribution < -0.4 is 27.0 Å². The average Bonchev–Trinajstić information content (AvgIpc) is 3.76. The fraction of sp³-hybridized carbons (Fsp3) is 0.500. The Hall–Kier alpha value is -3.76. The quantitative estimate of drug-likeness (QED) is 0.304. The van der Waals surface area contributed by atoms with Crippen molar-refractivity contribution in [3.8, 4) is 0 Å². The molecule has 2 aromatic rings. The molecule has 224 valence electrons. The normalized spacial score (nSPS) is 26.3. The SMILES string of the molecule is CNC(=O)[C@@H]1Cc2ccccc2[C@@H]1NC(=O)[C@@H]1C[C@H](c2ccccc2)CN1C(=O)[C@H](CC1CCCN1)NC(=O)[C@H](C)N. The number of amides is 4. The molecule has 3 aliphatic rings. The van der Waals surface area contributed by atoms with E-state index in [4.69, 9.17) is 5.73 Å². The van der Waals surface area contributed by atoms with Gasteiger partial charge in [0.05, 0.1) is 18.0 Å². The molecule has 2 aliphatic heterocycles. The van der Waals surface area contributed by atoms with Crippen molar-refractivity contribution in [1.82, 2.24) is 26.2 Å². The Morgan fingerprint density at radius 2 is 1.79 bits per heavy atom. The van der Waals surface area contributed by atoms with Crippen LogP contribution in [-0.4, -0.2) is 72.8 Å². The number of carbonyl (C=O) groups is 4. The van der Waals surface area contributed by atoms with E-state index < -0.39 is 36.0 Å². The molecular weight excluding hydrogens is 532 g/mol. The van der Waals surface area contributed by atoms with Crippen molar-refractivity contribution in [3.05, 3.63) is 71.3 Å². The number of nitrogens with one attached hydrogen (secondary N) is 4. The highest BCUT2D eigenvalue weighted by Crippen LogP contribution is 2.38. The Morgan fingerprint density at radius 3 is 2.48 bits per heavy atom. The minimum atomic E-state index is -0.810. The Kier molecular flexibility index (Phi) is 9.23. The number of fused-ring (bicyclic) bond motifs is 1. The molecule has 4 amide bonds. The summed E-state index contributed by atoms with van der Waals surface area (Å²) in [5.74, 6) is -1.62. The van der Waals surface area contributed by atoms with Crippen LogP contribution in [0.4, 0.5) is 0 Å². The van der Waals surface area contributed by atoms with E-state index in [0.717, 1.165) is 36.1 Å². The molecule has 0 saturated carbocycles. The lowest BCUT2D eigenvalue weighted by molar-refractivity contribution is -0.142. The molecule has 0 spiro atoms. The van der Waals surface area contributed by atoms with E-state index in [9.17, 15) is 19.2 Å². The van der Waals surface area contributed by atoms with Gasteiger partial charge in [-0.05, 0) is 62.3 Å². The van der Waals surface area contributed by atoms with E-state index in [1.165, 1.54) is 0 Å². The van der Waals surface area contributed by atoms with Crippen molar-refractivity contribution in [2.45, 2.75) is 75.2 Å². The lowest BCUT2D eigenvalue weighted by atomic mass is 9.95. The molecule has 0 aromatic heterocycles. The molecule has 6 N–H and O–H groups in total. The Balaban J connectivity index is 1.42. The van der Waals surface area contributed by atoms with Crippen LogP contribution in [0.1, 0.15) is 61.3 Å². The molecule has 7 atom stereocenters. The number of nitrogens with two attached hydrogens (primary N) is 1. The zero-order valence-electron chi connectivity index (χ0n) is 24.3. The topological polar surface area (TPSA) is 146 Å². The molecule has 2 fully saturated rings. The van der Waals surface area contributed by atoms with Gasteiger partial charge in [0.1, 0.15) is 12.1 Å². The molecule has 5 rings (SSSR count). The van der Waals surface area contributed by atoms with Crippen molar-refractivity contribution in [2.24, 2.45) is 11.7 Å². The smallest absolute Gasteiger partial charge is 0.245 e.